The average Bonchev–Trinajstić information content (AvgIpc) is 2.15. The lowest BCUT2D eigenvalue weighted by Crippen LogP contribution is -2.46. The quantitative estimate of drug-likeness (QED) is 0.709. The molecule has 0 aromatic heterocycles. The molecular formula is C9H20N2O3S. The normalized spacial score (nSPS) is 30.1. The van der Waals surface area contributed by atoms with Crippen LogP contribution in [0.5, 0.6) is 0 Å². The Hall–Kier alpha value is -0.170. The van der Waals surface area contributed by atoms with Gasteiger partial charge in [0.2, 0.25) is 10.0 Å². The molecule has 90 valence electrons. The first-order valence-corrected chi connectivity index (χ1v) is 6.83. The van der Waals surface area contributed by atoms with E-state index in [0.29, 0.717) is 6.61 Å². The van der Waals surface area contributed by atoms with Crippen molar-refractivity contribution in [3.8, 4) is 0 Å². The first-order chi connectivity index (χ1) is 6.95. The lowest BCUT2D eigenvalue weighted by molar-refractivity contribution is 0.0173. The summed E-state index contributed by atoms with van der Waals surface area (Å²) in [4.78, 5) is 0. The smallest absolute Gasteiger partial charge is 0.215 e. The standard InChI is InChI=1S/C9H20N2O3S/c1-7-5-9(3-4-14-7)11-15(12,13)8(2)6-10/h7-9,11H,3-6,10H2,1-2H3. The predicted octanol–water partition coefficient (Wildman–Crippen LogP) is -0.179. The summed E-state index contributed by atoms with van der Waals surface area (Å²) >= 11 is 0. The molecule has 6 heteroatoms. The molecule has 0 radical (unpaired) electrons. The van der Waals surface area contributed by atoms with Gasteiger partial charge in [0, 0.05) is 19.2 Å². The summed E-state index contributed by atoms with van der Waals surface area (Å²) in [7, 11) is -3.26. The SMILES string of the molecule is CC1CC(NS(=O)(=O)C(C)CN)CCO1. The molecule has 1 aliphatic heterocycles. The van der Waals surface area contributed by atoms with Crippen molar-refractivity contribution in [3.05, 3.63) is 0 Å². The molecule has 3 atom stereocenters. The summed E-state index contributed by atoms with van der Waals surface area (Å²) in [6.07, 6.45) is 1.59. The summed E-state index contributed by atoms with van der Waals surface area (Å²) in [6, 6.07) is -0.00671. The molecule has 1 saturated heterocycles. The Bertz CT molecular complexity index is 292. The number of hydrogen-bond donors (Lipinski definition) is 2. The molecule has 5 nitrogen and oxygen atoms in total. The van der Waals surface area contributed by atoms with Crippen molar-refractivity contribution in [2.75, 3.05) is 13.2 Å². The van der Waals surface area contributed by atoms with Crippen LogP contribution in [0.2, 0.25) is 0 Å². The molecule has 1 rings (SSSR count). The van der Waals surface area contributed by atoms with E-state index in [1.807, 2.05) is 6.92 Å². The van der Waals surface area contributed by atoms with E-state index >= 15 is 0 Å². The Balaban J connectivity index is 2.53. The summed E-state index contributed by atoms with van der Waals surface area (Å²) in [5.74, 6) is 0. The molecular weight excluding hydrogens is 216 g/mol. The van der Waals surface area contributed by atoms with E-state index in [4.69, 9.17) is 10.5 Å². The van der Waals surface area contributed by atoms with E-state index in [2.05, 4.69) is 4.72 Å². The molecule has 3 N–H and O–H groups in total. The Kier molecular flexibility index (Phi) is 4.51. The summed E-state index contributed by atoms with van der Waals surface area (Å²) in [6.45, 7) is 4.33. The van der Waals surface area contributed by atoms with Crippen molar-refractivity contribution >= 4 is 10.0 Å². The molecule has 0 spiro atoms. The topological polar surface area (TPSA) is 81.4 Å². The minimum atomic E-state index is -3.26. The van der Waals surface area contributed by atoms with Crippen molar-refractivity contribution in [2.45, 2.75) is 44.1 Å². The maximum absolute atomic E-state index is 11.7. The lowest BCUT2D eigenvalue weighted by Gasteiger charge is -2.28. The van der Waals surface area contributed by atoms with Crippen LogP contribution in [0.4, 0.5) is 0 Å². The molecule has 0 saturated carbocycles. The summed E-state index contributed by atoms with van der Waals surface area (Å²) in [5.41, 5.74) is 5.35. The fourth-order valence-electron chi connectivity index (χ4n) is 1.58. The third kappa shape index (κ3) is 3.71. The van der Waals surface area contributed by atoms with Gasteiger partial charge in [-0.2, -0.15) is 0 Å². The van der Waals surface area contributed by atoms with Gasteiger partial charge in [0.05, 0.1) is 11.4 Å². The van der Waals surface area contributed by atoms with E-state index in [-0.39, 0.29) is 18.7 Å². The second kappa shape index (κ2) is 5.25. The second-order valence-electron chi connectivity index (χ2n) is 4.11. The van der Waals surface area contributed by atoms with Crippen LogP contribution in [-0.2, 0) is 14.8 Å². The Labute approximate surface area is 91.4 Å². The average molecular weight is 236 g/mol. The van der Waals surface area contributed by atoms with Gasteiger partial charge in [-0.05, 0) is 26.7 Å². The van der Waals surface area contributed by atoms with Gasteiger partial charge in [-0.15, -0.1) is 0 Å². The Morgan fingerprint density at radius 2 is 2.27 bits per heavy atom. The van der Waals surface area contributed by atoms with Gasteiger partial charge in [-0.25, -0.2) is 13.1 Å². The Morgan fingerprint density at radius 3 is 2.80 bits per heavy atom. The van der Waals surface area contributed by atoms with Gasteiger partial charge < -0.3 is 10.5 Å². The van der Waals surface area contributed by atoms with Crippen LogP contribution in [0.25, 0.3) is 0 Å². The zero-order chi connectivity index (χ0) is 11.5. The van der Waals surface area contributed by atoms with Crippen molar-refractivity contribution in [1.82, 2.24) is 4.72 Å². The highest BCUT2D eigenvalue weighted by atomic mass is 32.2. The number of nitrogens with two attached hydrogens (primary N) is 1. The molecule has 0 aromatic rings. The third-order valence-corrected chi connectivity index (χ3v) is 4.59. The van der Waals surface area contributed by atoms with Crippen LogP contribution >= 0.6 is 0 Å². The molecule has 1 fully saturated rings. The van der Waals surface area contributed by atoms with Crippen LogP contribution < -0.4 is 10.5 Å². The number of ether oxygens (including phenoxy) is 1. The van der Waals surface area contributed by atoms with Crippen LogP contribution in [0.3, 0.4) is 0 Å². The molecule has 15 heavy (non-hydrogen) atoms. The van der Waals surface area contributed by atoms with Crippen LogP contribution in [0.15, 0.2) is 0 Å². The van der Waals surface area contributed by atoms with Gasteiger partial charge in [-0.3, -0.25) is 0 Å². The van der Waals surface area contributed by atoms with Crippen LogP contribution in [0.1, 0.15) is 26.7 Å². The Morgan fingerprint density at radius 1 is 1.60 bits per heavy atom. The second-order valence-corrected chi connectivity index (χ2v) is 6.24. The lowest BCUT2D eigenvalue weighted by atomic mass is 10.1. The molecule has 0 amide bonds. The maximum atomic E-state index is 11.7. The number of rotatable bonds is 4. The highest BCUT2D eigenvalue weighted by Gasteiger charge is 2.26. The largest absolute Gasteiger partial charge is 0.378 e. The van der Waals surface area contributed by atoms with E-state index in [0.717, 1.165) is 12.8 Å². The summed E-state index contributed by atoms with van der Waals surface area (Å²) in [5, 5.41) is -0.532. The third-order valence-electron chi connectivity index (χ3n) is 2.68. The molecule has 1 heterocycles. The van der Waals surface area contributed by atoms with Gasteiger partial charge >= 0.3 is 0 Å². The van der Waals surface area contributed by atoms with E-state index in [1.54, 1.807) is 6.92 Å². The van der Waals surface area contributed by atoms with Crippen LogP contribution in [0, 0.1) is 0 Å². The van der Waals surface area contributed by atoms with Crippen molar-refractivity contribution in [2.24, 2.45) is 5.73 Å². The highest BCUT2D eigenvalue weighted by molar-refractivity contribution is 7.90. The molecule has 0 aromatic carbocycles. The van der Waals surface area contributed by atoms with Crippen LogP contribution in [-0.4, -0.2) is 39.0 Å². The fourth-order valence-corrected chi connectivity index (χ4v) is 2.74. The predicted molar refractivity (Wildman–Crippen MR) is 59.0 cm³/mol. The monoisotopic (exact) mass is 236 g/mol. The summed E-state index contributed by atoms with van der Waals surface area (Å²) < 4.78 is 31.4. The number of nitrogens with one attached hydrogen (secondary N) is 1. The van der Waals surface area contributed by atoms with E-state index in [9.17, 15) is 8.42 Å². The van der Waals surface area contributed by atoms with E-state index in [1.165, 1.54) is 0 Å². The van der Waals surface area contributed by atoms with Gasteiger partial charge in [0.15, 0.2) is 0 Å². The molecule has 3 unspecified atom stereocenters. The van der Waals surface area contributed by atoms with Crippen molar-refractivity contribution < 1.29 is 13.2 Å². The molecule has 0 bridgehead atoms. The first-order valence-electron chi connectivity index (χ1n) is 5.28. The van der Waals surface area contributed by atoms with Gasteiger partial charge in [0.1, 0.15) is 0 Å². The maximum Gasteiger partial charge on any atom is 0.215 e. The van der Waals surface area contributed by atoms with Crippen molar-refractivity contribution in [3.63, 3.8) is 0 Å². The zero-order valence-corrected chi connectivity index (χ0v) is 10.1. The van der Waals surface area contributed by atoms with Crippen molar-refractivity contribution in [1.29, 1.82) is 0 Å². The minimum absolute atomic E-state index is 0.00671. The molecule has 1 aliphatic rings. The fraction of sp³-hybridized carbons (Fsp3) is 1.00. The highest BCUT2D eigenvalue weighted by Crippen LogP contribution is 2.14. The number of hydrogen-bond acceptors (Lipinski definition) is 4. The number of sulfonamides is 1. The molecule has 0 aliphatic carbocycles. The minimum Gasteiger partial charge on any atom is -0.378 e. The zero-order valence-electron chi connectivity index (χ0n) is 9.27. The van der Waals surface area contributed by atoms with Gasteiger partial charge in [0.25, 0.3) is 0 Å². The van der Waals surface area contributed by atoms with Gasteiger partial charge in [-0.1, -0.05) is 0 Å². The van der Waals surface area contributed by atoms with E-state index < -0.39 is 15.3 Å². The first kappa shape index (κ1) is 12.9.